The first-order valence-electron chi connectivity index (χ1n) is 6.50. The van der Waals surface area contributed by atoms with Crippen molar-refractivity contribution in [2.75, 3.05) is 0 Å². The van der Waals surface area contributed by atoms with Gasteiger partial charge in [0.1, 0.15) is 0 Å². The molecule has 0 aliphatic carbocycles. The molecular weight excluding hydrogens is 226 g/mol. The van der Waals surface area contributed by atoms with E-state index in [9.17, 15) is 4.79 Å². The number of rotatable bonds is 2. The fourth-order valence-electron chi connectivity index (χ4n) is 2.56. The summed E-state index contributed by atoms with van der Waals surface area (Å²) in [6.07, 6.45) is 3.11. The van der Waals surface area contributed by atoms with Crippen LogP contribution in [0.4, 0.5) is 0 Å². The summed E-state index contributed by atoms with van der Waals surface area (Å²) in [6, 6.07) is 4.03. The number of hydrogen-bond donors (Lipinski definition) is 1. The zero-order valence-corrected chi connectivity index (χ0v) is 11.3. The Bertz CT molecular complexity index is 427. The molecule has 1 amide bonds. The maximum atomic E-state index is 12.1. The smallest absolute Gasteiger partial charge is 0.223 e. The molecule has 2 atom stereocenters. The number of aryl methyl sites for hydroxylation is 1. The summed E-state index contributed by atoms with van der Waals surface area (Å²) in [7, 11) is 0. The molecule has 1 aromatic heterocycles. The van der Waals surface area contributed by atoms with Crippen LogP contribution in [0.2, 0.25) is 0 Å². The first-order valence-corrected chi connectivity index (χ1v) is 6.50. The van der Waals surface area contributed by atoms with Gasteiger partial charge >= 0.3 is 0 Å². The lowest BCUT2D eigenvalue weighted by Gasteiger charge is -2.41. The molecule has 1 saturated heterocycles. The average molecular weight is 247 g/mol. The molecule has 0 spiro atoms. The highest BCUT2D eigenvalue weighted by Gasteiger charge is 2.36. The number of hydrogen-bond acceptors (Lipinski definition) is 3. The topological polar surface area (TPSA) is 59.2 Å². The minimum atomic E-state index is -0.0909. The number of carbonyl (C=O) groups excluding carboxylic acids is 1. The van der Waals surface area contributed by atoms with Gasteiger partial charge in [-0.15, -0.1) is 0 Å². The second kappa shape index (κ2) is 5.06. The van der Waals surface area contributed by atoms with E-state index in [0.717, 1.165) is 17.7 Å². The first kappa shape index (κ1) is 13.0. The van der Waals surface area contributed by atoms with Crippen molar-refractivity contribution >= 4 is 5.91 Å². The van der Waals surface area contributed by atoms with Crippen LogP contribution in [-0.2, 0) is 4.79 Å². The third-order valence-electron chi connectivity index (χ3n) is 3.48. The Kier molecular flexibility index (Phi) is 3.66. The van der Waals surface area contributed by atoms with Crippen LogP contribution in [0.5, 0.6) is 0 Å². The van der Waals surface area contributed by atoms with Gasteiger partial charge in [-0.2, -0.15) is 0 Å². The van der Waals surface area contributed by atoms with Gasteiger partial charge in [0.15, 0.2) is 0 Å². The van der Waals surface area contributed by atoms with Crippen molar-refractivity contribution in [2.24, 2.45) is 5.73 Å². The molecule has 98 valence electrons. The summed E-state index contributed by atoms with van der Waals surface area (Å²) in [4.78, 5) is 18.4. The maximum absolute atomic E-state index is 12.1. The minimum Gasteiger partial charge on any atom is -0.330 e. The number of piperidine rings is 1. The largest absolute Gasteiger partial charge is 0.330 e. The molecule has 0 saturated carbocycles. The van der Waals surface area contributed by atoms with Crippen molar-refractivity contribution in [3.63, 3.8) is 0 Å². The number of pyridine rings is 1. The van der Waals surface area contributed by atoms with Crippen molar-refractivity contribution in [1.82, 2.24) is 9.88 Å². The zero-order chi connectivity index (χ0) is 13.3. The summed E-state index contributed by atoms with van der Waals surface area (Å²) in [5.41, 5.74) is 8.22. The predicted octanol–water partition coefficient (Wildman–Crippen LogP) is 1.79. The number of likely N-dealkylation sites (tertiary alicyclic amines) is 1. The molecule has 0 bridgehead atoms. The van der Waals surface area contributed by atoms with Gasteiger partial charge in [-0.05, 0) is 38.8 Å². The molecule has 2 unspecified atom stereocenters. The SMILES string of the molecule is Cc1ccc(C2C(N)CCC(=O)N2C(C)C)nc1. The van der Waals surface area contributed by atoms with Crippen LogP contribution in [0.1, 0.15) is 44.0 Å². The van der Waals surface area contributed by atoms with E-state index in [0.29, 0.717) is 6.42 Å². The molecule has 4 heteroatoms. The van der Waals surface area contributed by atoms with E-state index in [1.807, 2.05) is 44.0 Å². The summed E-state index contributed by atoms with van der Waals surface area (Å²) in [5.74, 6) is 0.180. The van der Waals surface area contributed by atoms with E-state index in [1.54, 1.807) is 0 Å². The fourth-order valence-corrected chi connectivity index (χ4v) is 2.56. The van der Waals surface area contributed by atoms with Gasteiger partial charge in [-0.3, -0.25) is 9.78 Å². The zero-order valence-electron chi connectivity index (χ0n) is 11.3. The molecule has 0 radical (unpaired) electrons. The molecule has 1 aliphatic rings. The molecule has 4 nitrogen and oxygen atoms in total. The maximum Gasteiger partial charge on any atom is 0.223 e. The van der Waals surface area contributed by atoms with E-state index in [4.69, 9.17) is 5.73 Å². The van der Waals surface area contributed by atoms with Crippen LogP contribution in [0.3, 0.4) is 0 Å². The molecular formula is C14H21N3O. The summed E-state index contributed by atoms with van der Waals surface area (Å²) >= 11 is 0. The Morgan fingerprint density at radius 1 is 1.44 bits per heavy atom. The minimum absolute atomic E-state index is 0.0275. The standard InChI is InChI=1S/C14H21N3O/c1-9(2)17-13(18)7-5-11(15)14(17)12-6-4-10(3)8-16-12/h4,6,8-9,11,14H,5,7,15H2,1-3H3. The third-order valence-corrected chi connectivity index (χ3v) is 3.48. The van der Waals surface area contributed by atoms with Gasteiger partial charge in [-0.25, -0.2) is 0 Å². The normalized spacial score (nSPS) is 24.7. The lowest BCUT2D eigenvalue weighted by molar-refractivity contribution is -0.139. The highest BCUT2D eigenvalue weighted by atomic mass is 16.2. The van der Waals surface area contributed by atoms with Gasteiger partial charge < -0.3 is 10.6 Å². The Morgan fingerprint density at radius 3 is 2.72 bits per heavy atom. The van der Waals surface area contributed by atoms with E-state index in [2.05, 4.69) is 4.98 Å². The van der Waals surface area contributed by atoms with E-state index < -0.39 is 0 Å². The van der Waals surface area contributed by atoms with Crippen LogP contribution >= 0.6 is 0 Å². The average Bonchev–Trinajstić information content (AvgIpc) is 2.32. The highest BCUT2D eigenvalue weighted by Crippen LogP contribution is 2.31. The van der Waals surface area contributed by atoms with E-state index >= 15 is 0 Å². The number of amides is 1. The van der Waals surface area contributed by atoms with Gasteiger partial charge in [0.25, 0.3) is 0 Å². The Morgan fingerprint density at radius 2 is 2.17 bits per heavy atom. The van der Waals surface area contributed by atoms with Crippen molar-refractivity contribution in [2.45, 2.75) is 51.7 Å². The number of nitrogens with two attached hydrogens (primary N) is 1. The van der Waals surface area contributed by atoms with Crippen LogP contribution in [0, 0.1) is 6.92 Å². The van der Waals surface area contributed by atoms with E-state index in [-0.39, 0.29) is 24.0 Å². The molecule has 1 fully saturated rings. The van der Waals surface area contributed by atoms with Crippen molar-refractivity contribution < 1.29 is 4.79 Å². The molecule has 1 aliphatic heterocycles. The van der Waals surface area contributed by atoms with Gasteiger partial charge in [0.05, 0.1) is 11.7 Å². The fraction of sp³-hybridized carbons (Fsp3) is 0.571. The lowest BCUT2D eigenvalue weighted by Crippen LogP contribution is -2.51. The molecule has 1 aromatic rings. The Labute approximate surface area is 108 Å². The third kappa shape index (κ3) is 2.38. The summed E-state index contributed by atoms with van der Waals surface area (Å²) in [5, 5.41) is 0. The van der Waals surface area contributed by atoms with Gasteiger partial charge in [0, 0.05) is 24.7 Å². The molecule has 2 rings (SSSR count). The summed E-state index contributed by atoms with van der Waals surface area (Å²) in [6.45, 7) is 6.05. The second-order valence-electron chi connectivity index (χ2n) is 5.30. The van der Waals surface area contributed by atoms with Crippen LogP contribution < -0.4 is 5.73 Å². The second-order valence-corrected chi connectivity index (χ2v) is 5.30. The first-order chi connectivity index (χ1) is 8.50. The predicted molar refractivity (Wildman–Crippen MR) is 70.9 cm³/mol. The van der Waals surface area contributed by atoms with Crippen molar-refractivity contribution in [3.05, 3.63) is 29.6 Å². The number of nitrogens with zero attached hydrogens (tertiary/aromatic N) is 2. The summed E-state index contributed by atoms with van der Waals surface area (Å²) < 4.78 is 0. The van der Waals surface area contributed by atoms with Crippen molar-refractivity contribution in [1.29, 1.82) is 0 Å². The molecule has 2 N–H and O–H groups in total. The highest BCUT2D eigenvalue weighted by molar-refractivity contribution is 5.78. The van der Waals surface area contributed by atoms with Crippen molar-refractivity contribution in [3.8, 4) is 0 Å². The van der Waals surface area contributed by atoms with Crippen LogP contribution in [0.15, 0.2) is 18.3 Å². The quantitative estimate of drug-likeness (QED) is 0.866. The lowest BCUT2D eigenvalue weighted by atomic mass is 9.92. The Hall–Kier alpha value is -1.42. The number of carbonyl (C=O) groups is 1. The molecule has 2 heterocycles. The van der Waals surface area contributed by atoms with Gasteiger partial charge in [-0.1, -0.05) is 6.07 Å². The number of aromatic nitrogens is 1. The van der Waals surface area contributed by atoms with Gasteiger partial charge in [0.2, 0.25) is 5.91 Å². The monoisotopic (exact) mass is 247 g/mol. The van der Waals surface area contributed by atoms with E-state index in [1.165, 1.54) is 0 Å². The molecule has 0 aromatic carbocycles. The molecule has 18 heavy (non-hydrogen) atoms. The van der Waals surface area contributed by atoms with Crippen LogP contribution in [-0.4, -0.2) is 27.9 Å². The Balaban J connectivity index is 2.36. The van der Waals surface area contributed by atoms with Crippen LogP contribution in [0.25, 0.3) is 0 Å².